The van der Waals surface area contributed by atoms with Crippen molar-refractivity contribution in [2.75, 3.05) is 5.73 Å². The predicted octanol–water partition coefficient (Wildman–Crippen LogP) is 1.60. The van der Waals surface area contributed by atoms with E-state index in [0.717, 1.165) is 0 Å². The van der Waals surface area contributed by atoms with E-state index in [1.165, 1.54) is 12.1 Å². The number of carboxylic acid groups (broad SMARTS) is 1. The van der Waals surface area contributed by atoms with Crippen molar-refractivity contribution < 1.29 is 9.90 Å². The molecular formula is C8H11NO2. The molecule has 0 amide bonds. The highest BCUT2D eigenvalue weighted by Crippen LogP contribution is 2.04. The Labute approximate surface area is 65.5 Å². The van der Waals surface area contributed by atoms with Gasteiger partial charge in [-0.05, 0) is 24.3 Å². The molecule has 1 aromatic carbocycles. The molecule has 0 radical (unpaired) electrons. The quantitative estimate of drug-likeness (QED) is 0.602. The topological polar surface area (TPSA) is 63.3 Å². The molecule has 0 unspecified atom stereocenters. The van der Waals surface area contributed by atoms with Gasteiger partial charge in [0.15, 0.2) is 0 Å². The third kappa shape index (κ3) is 2.29. The molecule has 0 atom stereocenters. The number of hydrogen-bond donors (Lipinski definition) is 2. The average Bonchev–Trinajstić information content (AvgIpc) is 1.88. The molecule has 0 bridgehead atoms. The smallest absolute Gasteiger partial charge is 0.335 e. The number of anilines is 1. The molecular weight excluding hydrogens is 142 g/mol. The Morgan fingerprint density at radius 2 is 1.73 bits per heavy atom. The van der Waals surface area contributed by atoms with Gasteiger partial charge in [-0.2, -0.15) is 0 Å². The molecule has 0 fully saturated rings. The molecule has 0 heterocycles. The molecule has 1 rings (SSSR count). The second kappa shape index (κ2) is 3.61. The molecule has 1 aromatic rings. The van der Waals surface area contributed by atoms with Crippen molar-refractivity contribution in [1.29, 1.82) is 0 Å². The first-order valence-electron chi connectivity index (χ1n) is 2.79. The zero-order valence-corrected chi connectivity index (χ0v) is 5.24. The molecule has 0 spiro atoms. The van der Waals surface area contributed by atoms with Gasteiger partial charge in [-0.25, -0.2) is 4.79 Å². The fourth-order valence-electron chi connectivity index (χ4n) is 0.626. The lowest BCUT2D eigenvalue weighted by Crippen LogP contribution is -1.95. The standard InChI is InChI=1S/C7H7NO2.CH4/c8-6-3-1-5(2-4-6)7(9)10;/h1-4H,8H2,(H,9,10);1H4. The Bertz CT molecular complexity index is 241. The molecule has 0 saturated carbocycles. The largest absolute Gasteiger partial charge is 0.478 e. The van der Waals surface area contributed by atoms with Gasteiger partial charge in [0.2, 0.25) is 0 Å². The van der Waals surface area contributed by atoms with Crippen LogP contribution in [0, 0.1) is 0 Å². The van der Waals surface area contributed by atoms with Crippen molar-refractivity contribution in [1.82, 2.24) is 0 Å². The molecule has 60 valence electrons. The van der Waals surface area contributed by atoms with Gasteiger partial charge in [0, 0.05) is 5.69 Å². The normalized spacial score (nSPS) is 8.36. The summed E-state index contributed by atoms with van der Waals surface area (Å²) in [5, 5.41) is 8.43. The van der Waals surface area contributed by atoms with Gasteiger partial charge >= 0.3 is 5.97 Å². The Morgan fingerprint density at radius 3 is 2.09 bits per heavy atom. The van der Waals surface area contributed by atoms with Crippen molar-refractivity contribution in [3.8, 4) is 0 Å². The summed E-state index contributed by atoms with van der Waals surface area (Å²) in [4.78, 5) is 10.3. The lowest BCUT2D eigenvalue weighted by atomic mass is 10.2. The van der Waals surface area contributed by atoms with Crippen LogP contribution in [0.25, 0.3) is 0 Å². The number of nitrogens with two attached hydrogens (primary N) is 1. The molecule has 0 saturated heterocycles. The van der Waals surface area contributed by atoms with Crippen molar-refractivity contribution in [3.63, 3.8) is 0 Å². The maximum atomic E-state index is 10.3. The van der Waals surface area contributed by atoms with Crippen LogP contribution >= 0.6 is 0 Å². The summed E-state index contributed by atoms with van der Waals surface area (Å²) < 4.78 is 0. The molecule has 0 aromatic heterocycles. The minimum Gasteiger partial charge on any atom is -0.478 e. The van der Waals surface area contributed by atoms with E-state index in [1.807, 2.05) is 0 Å². The molecule has 3 nitrogen and oxygen atoms in total. The summed E-state index contributed by atoms with van der Waals surface area (Å²) in [5.41, 5.74) is 6.17. The van der Waals surface area contributed by atoms with Crippen molar-refractivity contribution in [2.24, 2.45) is 0 Å². The van der Waals surface area contributed by atoms with Crippen LogP contribution in [-0.2, 0) is 0 Å². The van der Waals surface area contributed by atoms with Crippen molar-refractivity contribution in [3.05, 3.63) is 29.8 Å². The van der Waals surface area contributed by atoms with E-state index in [2.05, 4.69) is 0 Å². The lowest BCUT2D eigenvalue weighted by molar-refractivity contribution is 0.0697. The monoisotopic (exact) mass is 153 g/mol. The third-order valence-electron chi connectivity index (χ3n) is 1.16. The van der Waals surface area contributed by atoms with Gasteiger partial charge < -0.3 is 10.8 Å². The lowest BCUT2D eigenvalue weighted by Gasteiger charge is -1.93. The molecule has 3 N–H and O–H groups in total. The van der Waals surface area contributed by atoms with Gasteiger partial charge in [-0.15, -0.1) is 0 Å². The van der Waals surface area contributed by atoms with Gasteiger partial charge in [-0.1, -0.05) is 7.43 Å². The van der Waals surface area contributed by atoms with E-state index in [9.17, 15) is 4.79 Å². The van der Waals surface area contributed by atoms with Crippen LogP contribution in [0.5, 0.6) is 0 Å². The SMILES string of the molecule is C.Nc1ccc(C(=O)O)cc1. The zero-order chi connectivity index (χ0) is 7.56. The summed E-state index contributed by atoms with van der Waals surface area (Å²) in [6, 6.07) is 6.06. The summed E-state index contributed by atoms with van der Waals surface area (Å²) >= 11 is 0. The van der Waals surface area contributed by atoms with E-state index in [0.29, 0.717) is 5.69 Å². The molecule has 11 heavy (non-hydrogen) atoms. The number of benzene rings is 1. The van der Waals surface area contributed by atoms with E-state index in [-0.39, 0.29) is 13.0 Å². The Kier molecular flexibility index (Phi) is 3.11. The van der Waals surface area contributed by atoms with Crippen LogP contribution in [0.2, 0.25) is 0 Å². The summed E-state index contributed by atoms with van der Waals surface area (Å²) in [7, 11) is 0. The van der Waals surface area contributed by atoms with Crippen LogP contribution in [0.1, 0.15) is 17.8 Å². The van der Waals surface area contributed by atoms with Crippen LogP contribution in [0.3, 0.4) is 0 Å². The highest BCUT2D eigenvalue weighted by Gasteiger charge is 1.98. The number of carboxylic acids is 1. The third-order valence-corrected chi connectivity index (χ3v) is 1.16. The number of carbonyl (C=O) groups is 1. The number of hydrogen-bond acceptors (Lipinski definition) is 2. The van der Waals surface area contributed by atoms with E-state index in [4.69, 9.17) is 10.8 Å². The summed E-state index contributed by atoms with van der Waals surface area (Å²) in [6.07, 6.45) is 0. The molecule has 3 heteroatoms. The minimum atomic E-state index is -0.931. The Morgan fingerprint density at radius 1 is 1.27 bits per heavy atom. The first kappa shape index (κ1) is 9.49. The maximum absolute atomic E-state index is 10.3. The number of rotatable bonds is 1. The van der Waals surface area contributed by atoms with Gasteiger partial charge in [0.1, 0.15) is 0 Å². The predicted molar refractivity (Wildman–Crippen MR) is 44.5 cm³/mol. The Balaban J connectivity index is 0.000001000. The fourth-order valence-corrected chi connectivity index (χ4v) is 0.626. The van der Waals surface area contributed by atoms with Gasteiger partial charge in [0.25, 0.3) is 0 Å². The highest BCUT2D eigenvalue weighted by molar-refractivity contribution is 5.87. The van der Waals surface area contributed by atoms with Crippen LogP contribution in [0.15, 0.2) is 24.3 Å². The summed E-state index contributed by atoms with van der Waals surface area (Å²) in [5.74, 6) is -0.931. The van der Waals surface area contributed by atoms with Gasteiger partial charge in [-0.3, -0.25) is 0 Å². The Hall–Kier alpha value is -1.51. The molecule has 0 aliphatic carbocycles. The number of aromatic carboxylic acids is 1. The second-order valence-electron chi connectivity index (χ2n) is 1.93. The molecule has 0 aliphatic rings. The van der Waals surface area contributed by atoms with Gasteiger partial charge in [0.05, 0.1) is 5.56 Å². The first-order valence-corrected chi connectivity index (χ1v) is 2.79. The van der Waals surface area contributed by atoms with Crippen LogP contribution in [0.4, 0.5) is 5.69 Å². The van der Waals surface area contributed by atoms with Crippen molar-refractivity contribution in [2.45, 2.75) is 7.43 Å². The zero-order valence-electron chi connectivity index (χ0n) is 5.24. The van der Waals surface area contributed by atoms with E-state index >= 15 is 0 Å². The fraction of sp³-hybridized carbons (Fsp3) is 0.125. The van der Waals surface area contributed by atoms with Crippen LogP contribution in [-0.4, -0.2) is 11.1 Å². The average molecular weight is 153 g/mol. The van der Waals surface area contributed by atoms with Crippen LogP contribution < -0.4 is 5.73 Å². The second-order valence-corrected chi connectivity index (χ2v) is 1.93. The molecule has 0 aliphatic heterocycles. The maximum Gasteiger partial charge on any atom is 0.335 e. The minimum absolute atomic E-state index is 0. The summed E-state index contributed by atoms with van der Waals surface area (Å²) in [6.45, 7) is 0. The number of nitrogen functional groups attached to an aromatic ring is 1. The van der Waals surface area contributed by atoms with Crippen molar-refractivity contribution >= 4 is 11.7 Å². The van der Waals surface area contributed by atoms with E-state index < -0.39 is 5.97 Å². The highest BCUT2D eigenvalue weighted by atomic mass is 16.4. The first-order chi connectivity index (χ1) is 4.70. The van der Waals surface area contributed by atoms with E-state index in [1.54, 1.807) is 12.1 Å².